The lowest BCUT2D eigenvalue weighted by Gasteiger charge is -2.01. The van der Waals surface area contributed by atoms with Crippen LogP contribution in [0.15, 0.2) is 57.6 Å². The maximum absolute atomic E-state index is 12.0. The average molecular weight is 372 g/mol. The molecule has 114 valence electrons. The molecule has 0 amide bonds. The summed E-state index contributed by atoms with van der Waals surface area (Å²) in [5, 5.41) is 0. The number of carbonyl (C=O) groups is 1. The number of halogens is 1. The summed E-state index contributed by atoms with van der Waals surface area (Å²) in [4.78, 5) is 16.3. The van der Waals surface area contributed by atoms with E-state index in [1.54, 1.807) is 18.2 Å². The van der Waals surface area contributed by atoms with Crippen LogP contribution in [0, 0.1) is 0 Å². The minimum atomic E-state index is -0.478. The second kappa shape index (κ2) is 5.55. The largest absolute Gasteiger partial charge is 0.454 e. The SMILES string of the molecule is O=C1OC(c2ccccc2Br)=N/C1=C/c1ccc2c(c1)OCO2. The van der Waals surface area contributed by atoms with Gasteiger partial charge in [0.05, 0.1) is 5.56 Å². The fourth-order valence-electron chi connectivity index (χ4n) is 2.32. The highest BCUT2D eigenvalue weighted by atomic mass is 79.9. The molecule has 0 atom stereocenters. The predicted octanol–water partition coefficient (Wildman–Crippen LogP) is 3.52. The van der Waals surface area contributed by atoms with E-state index in [-0.39, 0.29) is 18.4 Å². The van der Waals surface area contributed by atoms with Crippen LogP contribution in [0.1, 0.15) is 11.1 Å². The van der Waals surface area contributed by atoms with Crippen molar-refractivity contribution in [3.8, 4) is 11.5 Å². The lowest BCUT2D eigenvalue weighted by molar-refractivity contribution is -0.129. The summed E-state index contributed by atoms with van der Waals surface area (Å²) in [6, 6.07) is 12.9. The van der Waals surface area contributed by atoms with E-state index in [2.05, 4.69) is 20.9 Å². The highest BCUT2D eigenvalue weighted by Crippen LogP contribution is 2.33. The molecule has 0 saturated heterocycles. The molecular weight excluding hydrogens is 362 g/mol. The summed E-state index contributed by atoms with van der Waals surface area (Å²) in [5.41, 5.74) is 1.77. The number of esters is 1. The first kappa shape index (κ1) is 14.0. The maximum Gasteiger partial charge on any atom is 0.363 e. The molecule has 2 aliphatic rings. The molecule has 6 heteroatoms. The van der Waals surface area contributed by atoms with Gasteiger partial charge >= 0.3 is 5.97 Å². The van der Waals surface area contributed by atoms with E-state index >= 15 is 0 Å². The Labute approximate surface area is 140 Å². The molecule has 0 radical (unpaired) electrons. The Balaban J connectivity index is 1.69. The predicted molar refractivity (Wildman–Crippen MR) is 87.3 cm³/mol. The first-order chi connectivity index (χ1) is 11.2. The highest BCUT2D eigenvalue weighted by molar-refractivity contribution is 9.10. The molecule has 0 fully saturated rings. The molecule has 0 saturated carbocycles. The summed E-state index contributed by atoms with van der Waals surface area (Å²) >= 11 is 3.42. The highest BCUT2D eigenvalue weighted by Gasteiger charge is 2.25. The maximum atomic E-state index is 12.0. The van der Waals surface area contributed by atoms with Crippen molar-refractivity contribution in [2.24, 2.45) is 4.99 Å². The van der Waals surface area contributed by atoms with Crippen LogP contribution in [0.5, 0.6) is 11.5 Å². The quantitative estimate of drug-likeness (QED) is 0.598. The summed E-state index contributed by atoms with van der Waals surface area (Å²) in [7, 11) is 0. The Hall–Kier alpha value is -2.60. The number of carbonyl (C=O) groups excluding carboxylic acids is 1. The van der Waals surface area contributed by atoms with Gasteiger partial charge < -0.3 is 14.2 Å². The number of rotatable bonds is 2. The number of aliphatic imine (C=N–C) groups is 1. The van der Waals surface area contributed by atoms with Crippen molar-refractivity contribution in [3.63, 3.8) is 0 Å². The zero-order valence-electron chi connectivity index (χ0n) is 11.8. The number of hydrogen-bond donors (Lipinski definition) is 0. The van der Waals surface area contributed by atoms with Crippen molar-refractivity contribution in [2.75, 3.05) is 6.79 Å². The molecule has 2 aromatic rings. The molecule has 0 N–H and O–H groups in total. The molecule has 4 rings (SSSR count). The van der Waals surface area contributed by atoms with Gasteiger partial charge in [-0.25, -0.2) is 9.79 Å². The smallest absolute Gasteiger partial charge is 0.363 e. The molecule has 0 bridgehead atoms. The monoisotopic (exact) mass is 371 g/mol. The molecule has 5 nitrogen and oxygen atoms in total. The van der Waals surface area contributed by atoms with E-state index in [1.807, 2.05) is 30.3 Å². The van der Waals surface area contributed by atoms with E-state index in [0.717, 1.165) is 15.6 Å². The van der Waals surface area contributed by atoms with Crippen LogP contribution in [0.4, 0.5) is 0 Å². The van der Waals surface area contributed by atoms with Crippen LogP contribution in [0.3, 0.4) is 0 Å². The van der Waals surface area contributed by atoms with Gasteiger partial charge in [-0.2, -0.15) is 0 Å². The summed E-state index contributed by atoms with van der Waals surface area (Å²) in [6.45, 7) is 0.210. The minimum Gasteiger partial charge on any atom is -0.454 e. The summed E-state index contributed by atoms with van der Waals surface area (Å²) in [5.74, 6) is 1.15. The van der Waals surface area contributed by atoms with Gasteiger partial charge in [0.25, 0.3) is 0 Å². The number of hydrogen-bond acceptors (Lipinski definition) is 5. The molecule has 2 heterocycles. The van der Waals surface area contributed by atoms with Crippen molar-refractivity contribution < 1.29 is 19.0 Å². The van der Waals surface area contributed by atoms with E-state index in [4.69, 9.17) is 14.2 Å². The molecule has 0 aliphatic carbocycles. The molecule has 0 spiro atoms. The number of cyclic esters (lactones) is 1. The van der Waals surface area contributed by atoms with Crippen LogP contribution in [-0.2, 0) is 9.53 Å². The van der Waals surface area contributed by atoms with Crippen LogP contribution in [0.25, 0.3) is 6.08 Å². The fraction of sp³-hybridized carbons (Fsp3) is 0.0588. The van der Waals surface area contributed by atoms with Gasteiger partial charge in [-0.05, 0) is 51.8 Å². The Morgan fingerprint density at radius 1 is 1.09 bits per heavy atom. The van der Waals surface area contributed by atoms with Gasteiger partial charge in [0.2, 0.25) is 12.7 Å². The topological polar surface area (TPSA) is 57.1 Å². The number of benzene rings is 2. The molecule has 0 unspecified atom stereocenters. The molecular formula is C17H10BrNO4. The van der Waals surface area contributed by atoms with Crippen LogP contribution in [0.2, 0.25) is 0 Å². The Morgan fingerprint density at radius 3 is 2.78 bits per heavy atom. The van der Waals surface area contributed by atoms with Gasteiger partial charge in [0.15, 0.2) is 17.2 Å². The standard InChI is InChI=1S/C17H10BrNO4/c18-12-4-2-1-3-11(12)16-19-13(17(20)23-16)7-10-5-6-14-15(8-10)22-9-21-14/h1-8H,9H2/b13-7+. The van der Waals surface area contributed by atoms with Crippen molar-refractivity contribution in [2.45, 2.75) is 0 Å². The third-order valence-electron chi connectivity index (χ3n) is 3.42. The average Bonchev–Trinajstić information content (AvgIpc) is 3.14. The van der Waals surface area contributed by atoms with E-state index < -0.39 is 5.97 Å². The van der Waals surface area contributed by atoms with Crippen LogP contribution < -0.4 is 9.47 Å². The molecule has 2 aromatic carbocycles. The second-order valence-electron chi connectivity index (χ2n) is 4.93. The first-order valence-electron chi connectivity index (χ1n) is 6.88. The summed E-state index contributed by atoms with van der Waals surface area (Å²) < 4.78 is 16.7. The fourth-order valence-corrected chi connectivity index (χ4v) is 2.77. The Kier molecular flexibility index (Phi) is 3.38. The van der Waals surface area contributed by atoms with E-state index in [9.17, 15) is 4.79 Å². The Morgan fingerprint density at radius 2 is 1.91 bits per heavy atom. The minimum absolute atomic E-state index is 0.210. The number of nitrogens with zero attached hydrogens (tertiary/aromatic N) is 1. The van der Waals surface area contributed by atoms with Gasteiger partial charge in [-0.3, -0.25) is 0 Å². The third kappa shape index (κ3) is 2.61. The Bertz CT molecular complexity index is 873. The normalized spacial score (nSPS) is 17.3. The zero-order valence-corrected chi connectivity index (χ0v) is 13.4. The van der Waals surface area contributed by atoms with Crippen LogP contribution >= 0.6 is 15.9 Å². The number of fused-ring (bicyclic) bond motifs is 1. The first-order valence-corrected chi connectivity index (χ1v) is 7.67. The lowest BCUT2D eigenvalue weighted by Crippen LogP contribution is -2.05. The molecule has 23 heavy (non-hydrogen) atoms. The van der Waals surface area contributed by atoms with E-state index in [0.29, 0.717) is 11.5 Å². The molecule has 0 aromatic heterocycles. The molecule has 2 aliphatic heterocycles. The van der Waals surface area contributed by atoms with Crippen molar-refractivity contribution in [3.05, 3.63) is 63.8 Å². The number of ether oxygens (including phenoxy) is 3. The van der Waals surface area contributed by atoms with Crippen LogP contribution in [-0.4, -0.2) is 18.7 Å². The van der Waals surface area contributed by atoms with Gasteiger partial charge in [-0.1, -0.05) is 18.2 Å². The van der Waals surface area contributed by atoms with Crippen molar-refractivity contribution in [1.29, 1.82) is 0 Å². The second-order valence-corrected chi connectivity index (χ2v) is 5.78. The summed E-state index contributed by atoms with van der Waals surface area (Å²) in [6.07, 6.45) is 1.66. The third-order valence-corrected chi connectivity index (χ3v) is 4.12. The van der Waals surface area contributed by atoms with Gasteiger partial charge in [0, 0.05) is 4.47 Å². The van der Waals surface area contributed by atoms with E-state index in [1.165, 1.54) is 0 Å². The zero-order chi connectivity index (χ0) is 15.8. The van der Waals surface area contributed by atoms with Gasteiger partial charge in [0.1, 0.15) is 0 Å². The van der Waals surface area contributed by atoms with Crippen molar-refractivity contribution in [1.82, 2.24) is 0 Å². The lowest BCUT2D eigenvalue weighted by atomic mass is 10.1. The van der Waals surface area contributed by atoms with Crippen molar-refractivity contribution >= 4 is 33.9 Å². The van der Waals surface area contributed by atoms with Gasteiger partial charge in [-0.15, -0.1) is 0 Å².